The van der Waals surface area contributed by atoms with Crippen molar-refractivity contribution in [2.75, 3.05) is 10.5 Å². The maximum absolute atomic E-state index is 12.6. The maximum Gasteiger partial charge on any atom is 0.412 e. The van der Waals surface area contributed by atoms with Crippen LogP contribution in [0.2, 0.25) is 0 Å². The van der Waals surface area contributed by atoms with Crippen LogP contribution < -0.4 is 15.9 Å². The molecule has 7 nitrogen and oxygen atoms in total. The molecule has 0 bridgehead atoms. The molecule has 1 aromatic heterocycles. The summed E-state index contributed by atoms with van der Waals surface area (Å²) in [6.07, 6.45) is 5.76. The van der Waals surface area contributed by atoms with Gasteiger partial charge in [-0.05, 0) is 70.2 Å². The fraction of sp³-hybridized carbons (Fsp3) is 0.448. The molecule has 1 amide bonds. The van der Waals surface area contributed by atoms with E-state index in [1.54, 1.807) is 17.4 Å². The number of hydrazine groups is 1. The van der Waals surface area contributed by atoms with Crippen molar-refractivity contribution in [3.8, 4) is 10.4 Å². The van der Waals surface area contributed by atoms with Crippen molar-refractivity contribution in [3.05, 3.63) is 65.3 Å². The second kappa shape index (κ2) is 11.6. The van der Waals surface area contributed by atoms with Gasteiger partial charge in [0.1, 0.15) is 6.10 Å². The third-order valence-corrected chi connectivity index (χ3v) is 7.81. The predicted molar refractivity (Wildman–Crippen MR) is 150 cm³/mol. The van der Waals surface area contributed by atoms with Gasteiger partial charge in [-0.3, -0.25) is 10.5 Å². The molecular weight excluding hydrogens is 484 g/mol. The van der Waals surface area contributed by atoms with Crippen LogP contribution in [-0.2, 0) is 4.74 Å². The molecule has 1 heterocycles. The molecular formula is C29H38N4O3S. The molecule has 3 aromatic rings. The predicted octanol–water partition coefficient (Wildman–Crippen LogP) is 7.91. The number of hydrogen-bond acceptors (Lipinski definition) is 7. The van der Waals surface area contributed by atoms with Gasteiger partial charge in [0.05, 0.1) is 15.6 Å². The zero-order chi connectivity index (χ0) is 26.6. The fourth-order valence-corrected chi connectivity index (χ4v) is 5.70. The van der Waals surface area contributed by atoms with Crippen molar-refractivity contribution in [1.82, 2.24) is 10.4 Å². The Morgan fingerprint density at radius 1 is 1.14 bits per heavy atom. The topological polar surface area (TPSA) is 86.7 Å². The first-order valence-corrected chi connectivity index (χ1v) is 13.8. The first kappa shape index (κ1) is 27.1. The number of aromatic nitrogens is 1. The first-order chi connectivity index (χ1) is 17.6. The van der Waals surface area contributed by atoms with E-state index in [2.05, 4.69) is 17.7 Å². The summed E-state index contributed by atoms with van der Waals surface area (Å²) in [6, 6.07) is 15.1. The van der Waals surface area contributed by atoms with Gasteiger partial charge in [-0.25, -0.2) is 15.2 Å². The van der Waals surface area contributed by atoms with Crippen LogP contribution >= 0.6 is 11.3 Å². The van der Waals surface area contributed by atoms with Gasteiger partial charge in [-0.1, -0.05) is 50.1 Å². The Morgan fingerprint density at radius 3 is 2.51 bits per heavy atom. The molecule has 3 N–H and O–H groups in total. The second-order valence-corrected chi connectivity index (χ2v) is 12.1. The normalized spacial score (nSPS) is 18.8. The molecule has 2 aromatic carbocycles. The largest absolute Gasteiger partial charge is 0.441 e. The number of hydrogen-bond donors (Lipinski definition) is 3. The van der Waals surface area contributed by atoms with E-state index in [1.165, 1.54) is 25.7 Å². The van der Waals surface area contributed by atoms with E-state index in [1.807, 2.05) is 76.4 Å². The number of anilines is 2. The summed E-state index contributed by atoms with van der Waals surface area (Å²) in [5.41, 5.74) is 5.50. The summed E-state index contributed by atoms with van der Waals surface area (Å²) in [6.45, 7) is 10.1. The van der Waals surface area contributed by atoms with Gasteiger partial charge < -0.3 is 4.74 Å². The number of thiazole rings is 1. The van der Waals surface area contributed by atoms with Gasteiger partial charge in [0, 0.05) is 28.9 Å². The maximum atomic E-state index is 12.6. The molecule has 8 heteroatoms. The minimum atomic E-state index is -0.560. The van der Waals surface area contributed by atoms with E-state index >= 15 is 0 Å². The zero-order valence-corrected chi connectivity index (χ0v) is 23.1. The van der Waals surface area contributed by atoms with E-state index in [0.29, 0.717) is 17.3 Å². The summed E-state index contributed by atoms with van der Waals surface area (Å²) < 4.78 is 5.56. The number of benzene rings is 2. The highest BCUT2D eigenvalue weighted by Crippen LogP contribution is 2.41. The first-order valence-electron chi connectivity index (χ1n) is 13.0. The Morgan fingerprint density at radius 2 is 1.84 bits per heavy atom. The summed E-state index contributed by atoms with van der Waals surface area (Å²) in [7, 11) is 0. The van der Waals surface area contributed by atoms with Crippen molar-refractivity contribution in [2.45, 2.75) is 77.9 Å². The minimum Gasteiger partial charge on any atom is -0.441 e. The molecule has 0 radical (unpaired) electrons. The molecule has 37 heavy (non-hydrogen) atoms. The number of nitrogens with one attached hydrogen (secondary N) is 2. The standard InChI is InChI=1S/C29H38N4O3S/c1-19-11-13-22(14-12-19)27-30-18-26(37-27)24-16-15-23(17-25(24)33(35)32-29(3,4)5)31-28(34)36-20(2)21-9-7-6-8-10-21/h6-10,15-20,22,32,35H,11-14H2,1-5H3,(H,31,34)/t19-,20?,22-. The van der Waals surface area contributed by atoms with Gasteiger partial charge in [-0.15, -0.1) is 11.3 Å². The van der Waals surface area contributed by atoms with E-state index in [-0.39, 0.29) is 5.54 Å². The fourth-order valence-electron chi connectivity index (χ4n) is 4.58. The molecule has 0 saturated heterocycles. The lowest BCUT2D eigenvalue weighted by molar-refractivity contribution is 0.121. The van der Waals surface area contributed by atoms with Crippen molar-refractivity contribution < 1.29 is 14.7 Å². The average Bonchev–Trinajstić information content (AvgIpc) is 3.34. The van der Waals surface area contributed by atoms with Gasteiger partial charge >= 0.3 is 6.09 Å². The highest BCUT2D eigenvalue weighted by Gasteiger charge is 2.24. The summed E-state index contributed by atoms with van der Waals surface area (Å²) in [5.74, 6) is 1.29. The molecule has 1 fully saturated rings. The molecule has 4 rings (SSSR count). The van der Waals surface area contributed by atoms with Crippen molar-refractivity contribution in [3.63, 3.8) is 0 Å². The minimum absolute atomic E-state index is 0.378. The van der Waals surface area contributed by atoms with Crippen LogP contribution in [0.5, 0.6) is 0 Å². The van der Waals surface area contributed by atoms with Crippen LogP contribution in [0.3, 0.4) is 0 Å². The Balaban J connectivity index is 1.55. The van der Waals surface area contributed by atoms with Gasteiger partial charge in [0.2, 0.25) is 0 Å². The second-order valence-electron chi connectivity index (χ2n) is 11.0. The lowest BCUT2D eigenvalue weighted by atomic mass is 9.83. The molecule has 1 aliphatic carbocycles. The quantitative estimate of drug-likeness (QED) is 0.273. The average molecular weight is 523 g/mol. The van der Waals surface area contributed by atoms with Gasteiger partial charge in [0.15, 0.2) is 0 Å². The van der Waals surface area contributed by atoms with Crippen molar-refractivity contribution in [2.24, 2.45) is 5.92 Å². The summed E-state index contributed by atoms with van der Waals surface area (Å²) >= 11 is 1.68. The van der Waals surface area contributed by atoms with Crippen LogP contribution in [0, 0.1) is 5.92 Å². The molecule has 1 aliphatic rings. The lowest BCUT2D eigenvalue weighted by Gasteiger charge is -2.29. The van der Waals surface area contributed by atoms with Crippen molar-refractivity contribution in [1.29, 1.82) is 0 Å². The highest BCUT2D eigenvalue weighted by atomic mass is 32.1. The number of ether oxygens (including phenoxy) is 1. The number of carbonyl (C=O) groups excluding carboxylic acids is 1. The summed E-state index contributed by atoms with van der Waals surface area (Å²) in [5, 5.41) is 16.0. The molecule has 1 unspecified atom stereocenters. The highest BCUT2D eigenvalue weighted by molar-refractivity contribution is 7.15. The Bertz CT molecular complexity index is 1180. The monoisotopic (exact) mass is 522 g/mol. The van der Waals surface area contributed by atoms with Crippen LogP contribution in [0.25, 0.3) is 10.4 Å². The molecule has 0 spiro atoms. The Hall–Kier alpha value is -2.94. The number of nitrogens with zero attached hydrogens (tertiary/aromatic N) is 2. The molecule has 1 atom stereocenters. The third kappa shape index (κ3) is 7.31. The molecule has 0 aliphatic heterocycles. The zero-order valence-electron chi connectivity index (χ0n) is 22.3. The van der Waals surface area contributed by atoms with Crippen LogP contribution in [0.1, 0.15) is 82.9 Å². The Kier molecular flexibility index (Phi) is 8.52. The number of amides is 1. The van der Waals surface area contributed by atoms with Crippen LogP contribution in [0.4, 0.5) is 16.2 Å². The van der Waals surface area contributed by atoms with Crippen LogP contribution in [-0.4, -0.2) is 21.8 Å². The number of carbonyl (C=O) groups is 1. The smallest absolute Gasteiger partial charge is 0.412 e. The van der Waals surface area contributed by atoms with Gasteiger partial charge in [-0.2, -0.15) is 5.17 Å². The lowest BCUT2D eigenvalue weighted by Crippen LogP contribution is -2.47. The van der Waals surface area contributed by atoms with E-state index in [4.69, 9.17) is 9.72 Å². The molecule has 1 saturated carbocycles. The number of rotatable bonds is 7. The molecule has 198 valence electrons. The van der Waals surface area contributed by atoms with Crippen LogP contribution in [0.15, 0.2) is 54.7 Å². The summed E-state index contributed by atoms with van der Waals surface area (Å²) in [4.78, 5) is 18.4. The Labute approximate surface area is 223 Å². The SMILES string of the molecule is CC(OC(=O)Nc1ccc(-c2cnc([C@H]3CC[C@H](C)CC3)s2)c(N(O)NC(C)(C)C)c1)c1ccccc1. The van der Waals surface area contributed by atoms with Crippen molar-refractivity contribution >= 4 is 28.8 Å². The third-order valence-electron chi connectivity index (χ3n) is 6.62. The van der Waals surface area contributed by atoms with E-state index in [9.17, 15) is 10.0 Å². The van der Waals surface area contributed by atoms with Gasteiger partial charge in [0.25, 0.3) is 0 Å². The van der Waals surface area contributed by atoms with E-state index < -0.39 is 12.2 Å². The van der Waals surface area contributed by atoms with E-state index in [0.717, 1.165) is 32.1 Å².